The predicted molar refractivity (Wildman–Crippen MR) is 110 cm³/mol. The molecule has 0 aromatic heterocycles. The highest BCUT2D eigenvalue weighted by molar-refractivity contribution is 6.10. The molecular formula is C23H26N2O4. The normalized spacial score (nSPS) is 22.0. The Hall–Kier alpha value is -2.54. The Morgan fingerprint density at radius 2 is 1.79 bits per heavy atom. The van der Waals surface area contributed by atoms with Gasteiger partial charge >= 0.3 is 0 Å². The van der Waals surface area contributed by atoms with Gasteiger partial charge in [-0.3, -0.25) is 19.4 Å². The number of carbonyl (C=O) groups excluding carboxylic acids is 2. The van der Waals surface area contributed by atoms with E-state index in [1.165, 1.54) is 0 Å². The van der Waals surface area contributed by atoms with Crippen LogP contribution in [0.15, 0.2) is 48.5 Å². The first-order chi connectivity index (χ1) is 14.0. The molecule has 1 amide bonds. The van der Waals surface area contributed by atoms with Crippen LogP contribution in [0.1, 0.15) is 34.8 Å². The van der Waals surface area contributed by atoms with Gasteiger partial charge < -0.3 is 9.84 Å². The molecule has 1 atom stereocenters. The van der Waals surface area contributed by atoms with Gasteiger partial charge in [0.2, 0.25) is 0 Å². The fraction of sp³-hybridized carbons (Fsp3) is 0.391. The van der Waals surface area contributed by atoms with Crippen LogP contribution in [-0.4, -0.2) is 54.7 Å². The maximum absolute atomic E-state index is 13.3. The minimum absolute atomic E-state index is 0.244. The van der Waals surface area contributed by atoms with Crippen LogP contribution in [-0.2, 0) is 21.6 Å². The Labute approximate surface area is 170 Å². The topological polar surface area (TPSA) is 70.1 Å². The number of anilines is 1. The van der Waals surface area contributed by atoms with Gasteiger partial charge in [-0.25, -0.2) is 0 Å². The van der Waals surface area contributed by atoms with Gasteiger partial charge in [0.1, 0.15) is 0 Å². The second-order valence-corrected chi connectivity index (χ2v) is 7.63. The minimum Gasteiger partial charge on any atom is -0.379 e. The first-order valence-electron chi connectivity index (χ1n) is 10.1. The molecule has 6 nitrogen and oxygen atoms in total. The highest BCUT2D eigenvalue weighted by atomic mass is 16.5. The lowest BCUT2D eigenvalue weighted by Crippen LogP contribution is -2.49. The summed E-state index contributed by atoms with van der Waals surface area (Å²) in [6.45, 7) is 5.14. The monoisotopic (exact) mass is 394 g/mol. The molecule has 4 rings (SSSR count). The Kier molecular flexibility index (Phi) is 5.50. The molecule has 0 saturated carbocycles. The molecular weight excluding hydrogens is 368 g/mol. The van der Waals surface area contributed by atoms with Crippen LogP contribution >= 0.6 is 0 Å². The molecule has 1 saturated heterocycles. The van der Waals surface area contributed by atoms with E-state index in [0.29, 0.717) is 36.7 Å². The second-order valence-electron chi connectivity index (χ2n) is 7.63. The molecule has 2 aliphatic rings. The van der Waals surface area contributed by atoms with Crippen molar-refractivity contribution < 1.29 is 19.4 Å². The van der Waals surface area contributed by atoms with Gasteiger partial charge in [0, 0.05) is 24.2 Å². The molecule has 29 heavy (non-hydrogen) atoms. The number of aryl methyl sites for hydroxylation is 1. The third-order valence-corrected chi connectivity index (χ3v) is 5.79. The molecule has 2 aliphatic heterocycles. The van der Waals surface area contributed by atoms with E-state index >= 15 is 0 Å². The zero-order valence-corrected chi connectivity index (χ0v) is 16.6. The summed E-state index contributed by atoms with van der Waals surface area (Å²) in [6.07, 6.45) is 0.620. The zero-order valence-electron chi connectivity index (χ0n) is 16.6. The van der Waals surface area contributed by atoms with Gasteiger partial charge in [-0.05, 0) is 18.1 Å². The van der Waals surface area contributed by atoms with Crippen molar-refractivity contribution in [2.75, 3.05) is 37.9 Å². The van der Waals surface area contributed by atoms with E-state index in [4.69, 9.17) is 4.74 Å². The molecule has 1 fully saturated rings. The van der Waals surface area contributed by atoms with Crippen LogP contribution in [0.2, 0.25) is 0 Å². The number of rotatable bonds is 6. The number of ketones is 1. The van der Waals surface area contributed by atoms with Gasteiger partial charge in [0.15, 0.2) is 11.4 Å². The second kappa shape index (κ2) is 8.06. The summed E-state index contributed by atoms with van der Waals surface area (Å²) < 4.78 is 5.38. The predicted octanol–water partition coefficient (Wildman–Crippen LogP) is 2.35. The van der Waals surface area contributed by atoms with Crippen molar-refractivity contribution in [3.63, 3.8) is 0 Å². The molecule has 0 radical (unpaired) electrons. The summed E-state index contributed by atoms with van der Waals surface area (Å²) in [7, 11) is 0. The van der Waals surface area contributed by atoms with E-state index in [1.807, 2.05) is 24.3 Å². The van der Waals surface area contributed by atoms with Crippen LogP contribution in [0.4, 0.5) is 5.69 Å². The number of aliphatic hydroxyl groups is 1. The highest BCUT2D eigenvalue weighted by Crippen LogP contribution is 2.42. The van der Waals surface area contributed by atoms with E-state index in [2.05, 4.69) is 11.8 Å². The summed E-state index contributed by atoms with van der Waals surface area (Å²) in [5.41, 5.74) is 0.966. The smallest absolute Gasteiger partial charge is 0.265 e. The van der Waals surface area contributed by atoms with Crippen LogP contribution < -0.4 is 4.90 Å². The van der Waals surface area contributed by atoms with Crippen molar-refractivity contribution in [3.05, 3.63) is 65.2 Å². The number of fused-ring (bicyclic) bond motifs is 1. The van der Waals surface area contributed by atoms with Crippen molar-refractivity contribution in [3.8, 4) is 0 Å². The lowest BCUT2D eigenvalue weighted by molar-refractivity contribution is -0.136. The molecule has 6 heteroatoms. The maximum Gasteiger partial charge on any atom is 0.265 e. The molecule has 0 bridgehead atoms. The van der Waals surface area contributed by atoms with Gasteiger partial charge in [-0.1, -0.05) is 49.4 Å². The van der Waals surface area contributed by atoms with Crippen molar-refractivity contribution in [1.82, 2.24) is 4.90 Å². The number of hydrogen-bond acceptors (Lipinski definition) is 5. The zero-order chi connectivity index (χ0) is 20.4. The average Bonchev–Trinajstić information content (AvgIpc) is 2.96. The van der Waals surface area contributed by atoms with Crippen LogP contribution in [0, 0.1) is 0 Å². The van der Waals surface area contributed by atoms with E-state index in [0.717, 1.165) is 25.1 Å². The van der Waals surface area contributed by atoms with Gasteiger partial charge in [0.25, 0.3) is 5.91 Å². The molecule has 1 N–H and O–H groups in total. The molecule has 0 aliphatic carbocycles. The minimum atomic E-state index is -1.84. The largest absolute Gasteiger partial charge is 0.379 e. The van der Waals surface area contributed by atoms with Crippen molar-refractivity contribution in [2.45, 2.75) is 25.4 Å². The standard InChI is InChI=1S/C23H26N2O4/c1-2-17-7-9-18(10-8-17)21(26)15-23(28)19-5-3-4-6-20(19)25(22(23)27)16-24-11-13-29-14-12-24/h3-10,28H,2,11-16H2,1H3/t23-/m1/s1. The lowest BCUT2D eigenvalue weighted by atomic mass is 9.88. The first-order valence-corrected chi connectivity index (χ1v) is 10.1. The van der Waals surface area contributed by atoms with E-state index in [1.54, 1.807) is 29.2 Å². The SMILES string of the molecule is CCc1ccc(C(=O)C[C@]2(O)C(=O)N(CN3CCOCC3)c3ccccc32)cc1. The van der Waals surface area contributed by atoms with Gasteiger partial charge in [0.05, 0.1) is 32.0 Å². The number of para-hydroxylation sites is 1. The third-order valence-electron chi connectivity index (χ3n) is 5.79. The summed E-state index contributed by atoms with van der Waals surface area (Å²) in [6, 6.07) is 14.5. The molecule has 0 unspecified atom stereocenters. The van der Waals surface area contributed by atoms with Crippen molar-refractivity contribution in [1.29, 1.82) is 0 Å². The van der Waals surface area contributed by atoms with Crippen LogP contribution in [0.3, 0.4) is 0 Å². The molecule has 152 valence electrons. The van der Waals surface area contributed by atoms with Crippen LogP contribution in [0.5, 0.6) is 0 Å². The number of nitrogens with zero attached hydrogens (tertiary/aromatic N) is 2. The number of benzene rings is 2. The van der Waals surface area contributed by atoms with Gasteiger partial charge in [-0.15, -0.1) is 0 Å². The molecule has 2 aromatic carbocycles. The van der Waals surface area contributed by atoms with E-state index in [9.17, 15) is 14.7 Å². The lowest BCUT2D eigenvalue weighted by Gasteiger charge is -2.31. The summed E-state index contributed by atoms with van der Waals surface area (Å²) in [5, 5.41) is 11.4. The third kappa shape index (κ3) is 3.71. The van der Waals surface area contributed by atoms with Gasteiger partial charge in [-0.2, -0.15) is 0 Å². The summed E-state index contributed by atoms with van der Waals surface area (Å²) >= 11 is 0. The Morgan fingerprint density at radius 1 is 1.10 bits per heavy atom. The van der Waals surface area contributed by atoms with Crippen molar-refractivity contribution >= 4 is 17.4 Å². The van der Waals surface area contributed by atoms with Crippen LogP contribution in [0.25, 0.3) is 0 Å². The van der Waals surface area contributed by atoms with Crippen molar-refractivity contribution in [2.24, 2.45) is 0 Å². The maximum atomic E-state index is 13.3. The number of ether oxygens (including phenoxy) is 1. The number of carbonyl (C=O) groups is 2. The molecule has 2 heterocycles. The molecule has 2 aromatic rings. The number of hydrogen-bond donors (Lipinski definition) is 1. The Morgan fingerprint density at radius 3 is 2.48 bits per heavy atom. The summed E-state index contributed by atoms with van der Waals surface area (Å²) in [4.78, 5) is 29.9. The fourth-order valence-electron chi connectivity index (χ4n) is 4.02. The number of Topliss-reactive ketones (excluding diaryl/α,β-unsaturated/α-hetero) is 1. The average molecular weight is 394 g/mol. The number of amides is 1. The Bertz CT molecular complexity index is 905. The van der Waals surface area contributed by atoms with E-state index < -0.39 is 11.5 Å². The first kappa shape index (κ1) is 19.8. The Balaban J connectivity index is 1.59. The highest BCUT2D eigenvalue weighted by Gasteiger charge is 2.51. The quantitative estimate of drug-likeness (QED) is 0.762. The molecule has 0 spiro atoms. The fourth-order valence-corrected chi connectivity index (χ4v) is 4.02. The summed E-state index contributed by atoms with van der Waals surface area (Å²) in [5.74, 6) is -0.685. The van der Waals surface area contributed by atoms with E-state index in [-0.39, 0.29) is 12.2 Å². The number of morpholine rings is 1.